The first-order valence-electron chi connectivity index (χ1n) is 12.2. The van der Waals surface area contributed by atoms with E-state index in [0.29, 0.717) is 11.3 Å². The van der Waals surface area contributed by atoms with Gasteiger partial charge in [0.1, 0.15) is 11.4 Å². The van der Waals surface area contributed by atoms with Crippen molar-refractivity contribution in [3.05, 3.63) is 65.7 Å². The lowest BCUT2D eigenvalue weighted by Gasteiger charge is -2.33. The lowest BCUT2D eigenvalue weighted by atomic mass is 9.68. The first-order valence-corrected chi connectivity index (χ1v) is 12.2. The van der Waals surface area contributed by atoms with Gasteiger partial charge in [-0.25, -0.2) is 0 Å². The third kappa shape index (κ3) is 4.46. The van der Waals surface area contributed by atoms with Gasteiger partial charge in [-0.1, -0.05) is 42.5 Å². The van der Waals surface area contributed by atoms with Crippen LogP contribution in [0.15, 0.2) is 54.6 Å². The predicted molar refractivity (Wildman–Crippen MR) is 131 cm³/mol. The molecule has 36 heavy (non-hydrogen) atoms. The number of fused-ring (bicyclic) bond motifs is 1. The molecule has 8 heteroatoms. The van der Waals surface area contributed by atoms with Crippen molar-refractivity contribution >= 4 is 17.8 Å². The van der Waals surface area contributed by atoms with Crippen LogP contribution in [0.4, 0.5) is 0 Å². The van der Waals surface area contributed by atoms with Crippen LogP contribution in [0, 0.1) is 5.92 Å². The van der Waals surface area contributed by atoms with Gasteiger partial charge >= 0.3 is 11.9 Å². The summed E-state index contributed by atoms with van der Waals surface area (Å²) in [6.45, 7) is 7.30. The molecule has 1 amide bonds. The number of methoxy groups -OCH3 is 1. The van der Waals surface area contributed by atoms with Gasteiger partial charge in [0.25, 0.3) is 0 Å². The average Bonchev–Trinajstić information content (AvgIpc) is 3.37. The monoisotopic (exact) mass is 495 g/mol. The van der Waals surface area contributed by atoms with E-state index >= 15 is 0 Å². The third-order valence-electron chi connectivity index (χ3n) is 6.66. The Morgan fingerprint density at radius 3 is 2.33 bits per heavy atom. The van der Waals surface area contributed by atoms with E-state index in [4.69, 9.17) is 18.9 Å². The Labute approximate surface area is 211 Å². The molecule has 4 atom stereocenters. The smallest absolute Gasteiger partial charge is 0.326 e. The summed E-state index contributed by atoms with van der Waals surface area (Å²) in [6, 6.07) is 15.6. The molecule has 0 saturated carbocycles. The Kier molecular flexibility index (Phi) is 7.09. The van der Waals surface area contributed by atoms with E-state index in [-0.39, 0.29) is 19.6 Å². The third-order valence-corrected chi connectivity index (χ3v) is 6.66. The highest BCUT2D eigenvalue weighted by atomic mass is 16.6. The van der Waals surface area contributed by atoms with Crippen molar-refractivity contribution < 1.29 is 33.3 Å². The van der Waals surface area contributed by atoms with Crippen molar-refractivity contribution in [3.63, 3.8) is 0 Å². The fourth-order valence-electron chi connectivity index (χ4n) is 5.26. The Morgan fingerprint density at radius 2 is 1.75 bits per heavy atom. The van der Waals surface area contributed by atoms with Crippen LogP contribution >= 0.6 is 0 Å². The first kappa shape index (κ1) is 25.7. The molecule has 2 heterocycles. The fourth-order valence-corrected chi connectivity index (χ4v) is 5.26. The Morgan fingerprint density at radius 1 is 1.08 bits per heavy atom. The second-order valence-electron chi connectivity index (χ2n) is 10.0. The first-order chi connectivity index (χ1) is 17.1. The van der Waals surface area contributed by atoms with Gasteiger partial charge in [0.2, 0.25) is 5.91 Å². The van der Waals surface area contributed by atoms with Crippen molar-refractivity contribution in [1.82, 2.24) is 4.90 Å². The summed E-state index contributed by atoms with van der Waals surface area (Å²) in [6.07, 6.45) is -0.834. The second-order valence-corrected chi connectivity index (χ2v) is 10.0. The van der Waals surface area contributed by atoms with Gasteiger partial charge < -0.3 is 23.8 Å². The molecule has 2 fully saturated rings. The number of ether oxygens (including phenoxy) is 4. The molecule has 0 N–H and O–H groups in total. The number of benzene rings is 2. The summed E-state index contributed by atoms with van der Waals surface area (Å²) in [5.41, 5.74) is -1.22. The van der Waals surface area contributed by atoms with Crippen molar-refractivity contribution in [3.8, 4) is 5.75 Å². The quantitative estimate of drug-likeness (QED) is 0.426. The van der Waals surface area contributed by atoms with Gasteiger partial charge in [0.05, 0.1) is 32.8 Å². The summed E-state index contributed by atoms with van der Waals surface area (Å²) in [5, 5.41) is 0. The predicted octanol–water partition coefficient (Wildman–Crippen LogP) is 3.78. The van der Waals surface area contributed by atoms with Crippen molar-refractivity contribution in [1.29, 1.82) is 0 Å². The van der Waals surface area contributed by atoms with Crippen LogP contribution in [0.1, 0.15) is 51.5 Å². The zero-order valence-electron chi connectivity index (χ0n) is 21.4. The Hall–Kier alpha value is -3.39. The van der Waals surface area contributed by atoms with E-state index in [0.717, 1.165) is 5.56 Å². The lowest BCUT2D eigenvalue weighted by molar-refractivity contribution is -0.161. The highest BCUT2D eigenvalue weighted by Crippen LogP contribution is 2.53. The molecule has 192 valence electrons. The number of amides is 1. The minimum absolute atomic E-state index is 0.0897. The zero-order valence-corrected chi connectivity index (χ0v) is 21.4. The highest BCUT2D eigenvalue weighted by Gasteiger charge is 2.69. The van der Waals surface area contributed by atoms with Gasteiger partial charge in [0.15, 0.2) is 11.6 Å². The number of hydrogen-bond acceptors (Lipinski definition) is 7. The van der Waals surface area contributed by atoms with Crippen LogP contribution in [0.25, 0.3) is 0 Å². The number of esters is 2. The Bertz CT molecular complexity index is 1110. The molecule has 0 radical (unpaired) electrons. The summed E-state index contributed by atoms with van der Waals surface area (Å²) in [7, 11) is 1.54. The molecule has 2 aromatic carbocycles. The van der Waals surface area contributed by atoms with Gasteiger partial charge in [-0.15, -0.1) is 0 Å². The molecule has 2 aromatic rings. The molecule has 8 nitrogen and oxygen atoms in total. The van der Waals surface area contributed by atoms with Crippen LogP contribution in [-0.2, 0) is 34.0 Å². The Balaban J connectivity index is 1.86. The van der Waals surface area contributed by atoms with Gasteiger partial charge in [0, 0.05) is 11.5 Å². The van der Waals surface area contributed by atoms with Crippen molar-refractivity contribution in [2.24, 2.45) is 5.92 Å². The number of rotatable bonds is 7. The lowest BCUT2D eigenvalue weighted by Crippen LogP contribution is -2.50. The van der Waals surface area contributed by atoms with Crippen molar-refractivity contribution in [2.45, 2.75) is 57.4 Å². The molecule has 2 aliphatic rings. The van der Waals surface area contributed by atoms with Crippen LogP contribution in [0.2, 0.25) is 0 Å². The summed E-state index contributed by atoms with van der Waals surface area (Å²) in [4.78, 5) is 42.9. The fraction of sp³-hybridized carbons (Fsp3) is 0.464. The van der Waals surface area contributed by atoms with Crippen LogP contribution < -0.4 is 4.74 Å². The summed E-state index contributed by atoms with van der Waals surface area (Å²) in [5.74, 6) is -1.81. The largest absolute Gasteiger partial charge is 0.497 e. The molecule has 4 rings (SSSR count). The normalized spacial score (nSPS) is 25.4. The van der Waals surface area contributed by atoms with E-state index in [9.17, 15) is 14.4 Å². The average molecular weight is 496 g/mol. The van der Waals surface area contributed by atoms with Crippen LogP contribution in [0.5, 0.6) is 5.75 Å². The van der Waals surface area contributed by atoms with E-state index < -0.39 is 47.0 Å². The number of carbonyl (C=O) groups is 3. The van der Waals surface area contributed by atoms with E-state index in [2.05, 4.69) is 0 Å². The molecule has 0 bridgehead atoms. The van der Waals surface area contributed by atoms with E-state index in [1.165, 1.54) is 0 Å². The van der Waals surface area contributed by atoms with Gasteiger partial charge in [-0.3, -0.25) is 14.4 Å². The number of nitrogens with zero attached hydrogens (tertiary/aromatic N) is 1. The molecule has 0 aromatic heterocycles. The molecule has 0 spiro atoms. The minimum Gasteiger partial charge on any atom is -0.497 e. The molecular weight excluding hydrogens is 462 g/mol. The zero-order chi connectivity index (χ0) is 26.1. The molecular formula is C28H33NO7. The molecule has 0 unspecified atom stereocenters. The number of hydrogen-bond donors (Lipinski definition) is 0. The maximum atomic E-state index is 14.4. The topological polar surface area (TPSA) is 91.4 Å². The van der Waals surface area contributed by atoms with Gasteiger partial charge in [-0.2, -0.15) is 0 Å². The molecule has 2 aliphatic heterocycles. The maximum absolute atomic E-state index is 14.4. The highest BCUT2D eigenvalue weighted by molar-refractivity contribution is 6.11. The van der Waals surface area contributed by atoms with E-state index in [1.54, 1.807) is 64.0 Å². The van der Waals surface area contributed by atoms with Crippen LogP contribution in [-0.4, -0.2) is 54.7 Å². The van der Waals surface area contributed by atoms with Gasteiger partial charge in [-0.05, 0) is 45.4 Å². The van der Waals surface area contributed by atoms with Crippen LogP contribution in [0.3, 0.4) is 0 Å². The maximum Gasteiger partial charge on any atom is 0.326 e. The molecule has 0 aliphatic carbocycles. The molecule has 2 saturated heterocycles. The standard InChI is InChI=1S/C28H33NO7/c1-6-34-26(32)28(19-12-14-20(33-5)15-13-19)21(16-23(30)36-27(2,3)4)22-17-35-24(29(22)25(28)31)18-10-8-7-9-11-18/h7-15,21-22,24H,6,16-17H2,1-5H3/t21-,22-,24-,28-/m1/s1. The summed E-state index contributed by atoms with van der Waals surface area (Å²) < 4.78 is 22.5. The summed E-state index contributed by atoms with van der Waals surface area (Å²) >= 11 is 0. The van der Waals surface area contributed by atoms with Crippen molar-refractivity contribution in [2.75, 3.05) is 20.3 Å². The SMILES string of the molecule is CCOC(=O)[C@@]1(c2ccc(OC)cc2)C(=O)N2[C@@H](c3ccccc3)OC[C@@H]2[C@H]1CC(=O)OC(C)(C)C. The second kappa shape index (κ2) is 9.93. The minimum atomic E-state index is -1.74. The number of carbonyl (C=O) groups excluding carboxylic acids is 3. The van der Waals surface area contributed by atoms with E-state index in [1.807, 2.05) is 30.3 Å².